The smallest absolute Gasteiger partial charge is 0.148 e. The van der Waals surface area contributed by atoms with E-state index in [0.29, 0.717) is 11.4 Å². The molecule has 0 spiro atoms. The summed E-state index contributed by atoms with van der Waals surface area (Å²) >= 11 is 0. The van der Waals surface area contributed by atoms with Crippen LogP contribution in [0.25, 0.3) is 10.4 Å². The minimum atomic E-state index is 0.208. The van der Waals surface area contributed by atoms with Crippen LogP contribution in [-0.4, -0.2) is 6.61 Å². The fourth-order valence-electron chi connectivity index (χ4n) is 0.812. The highest BCUT2D eigenvalue weighted by atomic mass is 16.5. The predicted octanol–water partition coefficient (Wildman–Crippen LogP) is 2.64. The van der Waals surface area contributed by atoms with Gasteiger partial charge in [0.25, 0.3) is 0 Å². The van der Waals surface area contributed by atoms with E-state index in [1.807, 2.05) is 0 Å². The van der Waals surface area contributed by atoms with Crippen molar-refractivity contribution in [3.63, 3.8) is 0 Å². The highest BCUT2D eigenvalue weighted by Crippen LogP contribution is 2.19. The zero-order valence-electron chi connectivity index (χ0n) is 6.84. The van der Waals surface area contributed by atoms with Gasteiger partial charge in [-0.05, 0) is 17.7 Å². The van der Waals surface area contributed by atoms with E-state index in [-0.39, 0.29) is 6.61 Å². The Morgan fingerprint density at radius 2 is 2.46 bits per heavy atom. The number of nitrogens with zero attached hydrogens (tertiary/aromatic N) is 3. The van der Waals surface area contributed by atoms with Gasteiger partial charge in [-0.3, -0.25) is 0 Å². The average Bonchev–Trinajstić information content (AvgIpc) is 2.16. The topological polar surface area (TPSA) is 58.0 Å². The minimum absolute atomic E-state index is 0.208. The van der Waals surface area contributed by atoms with Crippen LogP contribution in [-0.2, 0) is 0 Å². The molecule has 0 N–H and O–H groups in total. The van der Waals surface area contributed by atoms with E-state index in [4.69, 9.17) is 16.7 Å². The molecule has 1 rings (SSSR count). The molecule has 0 saturated carbocycles. The van der Waals surface area contributed by atoms with Crippen molar-refractivity contribution in [3.05, 3.63) is 34.7 Å². The maximum atomic E-state index is 8.17. The molecule has 0 amide bonds. The van der Waals surface area contributed by atoms with Gasteiger partial charge in [0, 0.05) is 10.6 Å². The van der Waals surface area contributed by atoms with Crippen molar-refractivity contribution in [1.29, 1.82) is 0 Å². The normalized spacial score (nSPS) is 8.23. The van der Waals surface area contributed by atoms with Crippen LogP contribution in [0.1, 0.15) is 0 Å². The van der Waals surface area contributed by atoms with Gasteiger partial charge < -0.3 is 4.74 Å². The van der Waals surface area contributed by atoms with Crippen molar-refractivity contribution in [2.45, 2.75) is 0 Å². The van der Waals surface area contributed by atoms with E-state index in [2.05, 4.69) is 15.9 Å². The molecular formula is C9H7N3O. The van der Waals surface area contributed by atoms with E-state index in [1.165, 1.54) is 0 Å². The Bertz CT molecular complexity index is 375. The first-order chi connectivity index (χ1) is 6.36. The molecule has 64 valence electrons. The lowest BCUT2D eigenvalue weighted by Crippen LogP contribution is -1.92. The summed E-state index contributed by atoms with van der Waals surface area (Å²) in [6, 6.07) is 6.78. The molecule has 0 aliphatic rings. The van der Waals surface area contributed by atoms with Crippen molar-refractivity contribution >= 4 is 5.69 Å². The molecule has 1 aromatic carbocycles. The van der Waals surface area contributed by atoms with E-state index in [1.54, 1.807) is 24.3 Å². The summed E-state index contributed by atoms with van der Waals surface area (Å²) < 4.78 is 5.12. The van der Waals surface area contributed by atoms with Gasteiger partial charge in [-0.2, -0.15) is 0 Å². The molecule has 0 radical (unpaired) electrons. The first kappa shape index (κ1) is 8.98. The van der Waals surface area contributed by atoms with Crippen molar-refractivity contribution < 1.29 is 4.74 Å². The highest BCUT2D eigenvalue weighted by Gasteiger charge is 1.92. The number of benzene rings is 1. The summed E-state index contributed by atoms with van der Waals surface area (Å²) in [5.41, 5.74) is 8.68. The SMILES string of the molecule is C#CCOc1cccc(N=[N+]=[N-])c1. The number of rotatable bonds is 3. The number of terminal acetylenes is 1. The highest BCUT2D eigenvalue weighted by molar-refractivity contribution is 5.42. The van der Waals surface area contributed by atoms with Gasteiger partial charge in [0.2, 0.25) is 0 Å². The van der Waals surface area contributed by atoms with Crippen LogP contribution >= 0.6 is 0 Å². The molecule has 0 heterocycles. The molecule has 1 aromatic rings. The Hall–Kier alpha value is -2.11. The molecule has 4 nitrogen and oxygen atoms in total. The van der Waals surface area contributed by atoms with Gasteiger partial charge in [0.15, 0.2) is 0 Å². The molecule has 0 bridgehead atoms. The third-order valence-corrected chi connectivity index (χ3v) is 1.30. The Kier molecular flexibility index (Phi) is 3.25. The third kappa shape index (κ3) is 2.78. The van der Waals surface area contributed by atoms with E-state index in [9.17, 15) is 0 Å². The van der Waals surface area contributed by atoms with E-state index < -0.39 is 0 Å². The number of hydrogen-bond donors (Lipinski definition) is 0. The van der Waals surface area contributed by atoms with Crippen LogP contribution < -0.4 is 4.74 Å². The minimum Gasteiger partial charge on any atom is -0.481 e. The fourth-order valence-corrected chi connectivity index (χ4v) is 0.812. The second-order valence-electron chi connectivity index (χ2n) is 2.18. The maximum absolute atomic E-state index is 8.17. The Labute approximate surface area is 75.8 Å². The van der Waals surface area contributed by atoms with Gasteiger partial charge in [0.1, 0.15) is 12.4 Å². The second kappa shape index (κ2) is 4.70. The van der Waals surface area contributed by atoms with Gasteiger partial charge in [-0.25, -0.2) is 0 Å². The van der Waals surface area contributed by atoms with Crippen molar-refractivity contribution in [2.75, 3.05) is 6.61 Å². The Balaban J connectivity index is 2.80. The lowest BCUT2D eigenvalue weighted by Gasteiger charge is -2.01. The molecule has 0 aliphatic carbocycles. The van der Waals surface area contributed by atoms with Crippen LogP contribution in [0.4, 0.5) is 5.69 Å². The quantitative estimate of drug-likeness (QED) is 0.300. The van der Waals surface area contributed by atoms with Crippen LogP contribution in [0.2, 0.25) is 0 Å². The summed E-state index contributed by atoms with van der Waals surface area (Å²) in [5.74, 6) is 2.94. The average molecular weight is 173 g/mol. The number of ether oxygens (including phenoxy) is 1. The lowest BCUT2D eigenvalue weighted by atomic mass is 10.3. The van der Waals surface area contributed by atoms with E-state index in [0.717, 1.165) is 0 Å². The summed E-state index contributed by atoms with van der Waals surface area (Å²) in [4.78, 5) is 2.66. The zero-order chi connectivity index (χ0) is 9.52. The number of azide groups is 1. The van der Waals surface area contributed by atoms with Crippen molar-refractivity contribution in [1.82, 2.24) is 0 Å². The lowest BCUT2D eigenvalue weighted by molar-refractivity contribution is 0.370. The molecule has 0 saturated heterocycles. The van der Waals surface area contributed by atoms with Gasteiger partial charge >= 0.3 is 0 Å². The molecule has 0 fully saturated rings. The molecule has 0 atom stereocenters. The van der Waals surface area contributed by atoms with Crippen LogP contribution in [0.15, 0.2) is 29.4 Å². The van der Waals surface area contributed by atoms with Crippen molar-refractivity contribution in [3.8, 4) is 18.1 Å². The molecular weight excluding hydrogens is 166 g/mol. The largest absolute Gasteiger partial charge is 0.481 e. The van der Waals surface area contributed by atoms with Crippen molar-refractivity contribution in [2.24, 2.45) is 5.11 Å². The summed E-state index contributed by atoms with van der Waals surface area (Å²) in [6.45, 7) is 0.208. The molecule has 13 heavy (non-hydrogen) atoms. The second-order valence-corrected chi connectivity index (χ2v) is 2.18. The van der Waals surface area contributed by atoms with Gasteiger partial charge in [-0.15, -0.1) is 6.42 Å². The first-order valence-corrected chi connectivity index (χ1v) is 3.58. The molecule has 0 unspecified atom stereocenters. The van der Waals surface area contributed by atoms with Crippen LogP contribution in [0, 0.1) is 12.3 Å². The zero-order valence-corrected chi connectivity index (χ0v) is 6.84. The molecule has 0 aliphatic heterocycles. The summed E-state index contributed by atoms with van der Waals surface area (Å²) in [5, 5.41) is 3.42. The Morgan fingerprint density at radius 3 is 3.15 bits per heavy atom. The summed E-state index contributed by atoms with van der Waals surface area (Å²) in [7, 11) is 0. The van der Waals surface area contributed by atoms with E-state index >= 15 is 0 Å². The summed E-state index contributed by atoms with van der Waals surface area (Å²) in [6.07, 6.45) is 5.02. The molecule has 0 aromatic heterocycles. The predicted molar refractivity (Wildman–Crippen MR) is 49.6 cm³/mol. The van der Waals surface area contributed by atoms with Crippen LogP contribution in [0.5, 0.6) is 5.75 Å². The maximum Gasteiger partial charge on any atom is 0.148 e. The first-order valence-electron chi connectivity index (χ1n) is 3.58. The fraction of sp³-hybridized carbons (Fsp3) is 0.111. The Morgan fingerprint density at radius 1 is 1.62 bits per heavy atom. The molecule has 4 heteroatoms. The standard InChI is InChI=1S/C9H7N3O/c1-2-6-13-9-5-3-4-8(7-9)11-12-10/h1,3-5,7H,6H2. The number of hydrogen-bond acceptors (Lipinski definition) is 2. The third-order valence-electron chi connectivity index (χ3n) is 1.30. The monoisotopic (exact) mass is 173 g/mol. The van der Waals surface area contributed by atoms with Gasteiger partial charge in [0.05, 0.1) is 0 Å². The van der Waals surface area contributed by atoms with Gasteiger partial charge in [-0.1, -0.05) is 23.2 Å². The van der Waals surface area contributed by atoms with Crippen LogP contribution in [0.3, 0.4) is 0 Å².